The lowest BCUT2D eigenvalue weighted by molar-refractivity contribution is -0.144. The monoisotopic (exact) mass is 1220 g/mol. The summed E-state index contributed by atoms with van der Waals surface area (Å²) < 4.78 is 0. The van der Waals surface area contributed by atoms with Gasteiger partial charge in [0.1, 0.15) is 59.5 Å². The minimum absolute atomic E-state index is 0.00262. The first kappa shape index (κ1) is 68.2. The average molecular weight is 1220 g/mol. The largest absolute Gasteiger partial charge is 0.508 e. The second kappa shape index (κ2) is 33.8. The predicted octanol–water partition coefficient (Wildman–Crippen LogP) is -1.85. The molecule has 0 saturated heterocycles. The zero-order chi connectivity index (χ0) is 64.5. The lowest BCUT2D eigenvalue weighted by Gasteiger charge is -2.27. The standard InChI is InChI=1S/C59H74N14O15/c1-32(2)50(58(87)88)73-57(86)47(28-49(78)79)72-55(84)45(24-33-7-4-3-5-8-33)70-56(85)46(27-37-29-63-31-66-37)71-53(82)42(9-6-22-64-59(61)62)67-48(77)30-65-52(81)43(25-35-12-18-39(75)19-13-35)69-54(83)44(26-36-14-20-40(76)21-15-36)68-51(80)41(60)23-34-10-16-38(74)17-11-34/h3-5,7-8,10-21,29,31-32,41-47,50,74-76H,6,9,22-28,30,60H2,1-2H3,(H,63,66)(H,65,81)(H,67,77)(H,68,80)(H,69,83)(H,70,85)(H,71,82)(H,72,84)(H,73,86)(H,78,79)(H,87,88)(H4,61,62,64)/t41-,42-,43-,44-,45-,46-,47-,50-/m0/s1. The quantitative estimate of drug-likeness (QED) is 0.0122. The third-order valence-electron chi connectivity index (χ3n) is 13.5. The van der Waals surface area contributed by atoms with Gasteiger partial charge in [0.25, 0.3) is 0 Å². The number of benzene rings is 4. The van der Waals surface area contributed by atoms with Crippen LogP contribution >= 0.6 is 0 Å². The number of aliphatic imine (C=N–C) groups is 1. The summed E-state index contributed by atoms with van der Waals surface area (Å²) in [7, 11) is 0. The van der Waals surface area contributed by atoms with Crippen molar-refractivity contribution in [3.8, 4) is 17.2 Å². The number of aromatic hydroxyl groups is 3. The van der Waals surface area contributed by atoms with E-state index in [1.165, 1.54) is 87.0 Å². The summed E-state index contributed by atoms with van der Waals surface area (Å²) >= 11 is 0. The van der Waals surface area contributed by atoms with Crippen LogP contribution in [0.2, 0.25) is 0 Å². The summed E-state index contributed by atoms with van der Waals surface area (Å²) in [6, 6.07) is 13.8. The van der Waals surface area contributed by atoms with Crippen molar-refractivity contribution < 1.29 is 73.5 Å². The second-order valence-electron chi connectivity index (χ2n) is 20.9. The minimum atomic E-state index is -1.82. The van der Waals surface area contributed by atoms with Gasteiger partial charge in [-0.3, -0.25) is 48.1 Å². The molecule has 0 aliphatic rings. The molecule has 0 unspecified atom stereocenters. The molecule has 1 aromatic heterocycles. The number of aromatic nitrogens is 2. The summed E-state index contributed by atoms with van der Waals surface area (Å²) in [6.07, 6.45) is 0.704. The maximum absolute atomic E-state index is 14.5. The van der Waals surface area contributed by atoms with E-state index < -0.39 is 126 Å². The van der Waals surface area contributed by atoms with Crippen molar-refractivity contribution in [1.29, 1.82) is 0 Å². The van der Waals surface area contributed by atoms with Gasteiger partial charge in [-0.25, -0.2) is 9.78 Å². The van der Waals surface area contributed by atoms with E-state index in [0.29, 0.717) is 27.9 Å². The van der Waals surface area contributed by atoms with Crippen molar-refractivity contribution in [3.63, 3.8) is 0 Å². The first-order valence-electron chi connectivity index (χ1n) is 27.8. The summed E-state index contributed by atoms with van der Waals surface area (Å²) in [6.45, 7) is 2.18. The van der Waals surface area contributed by atoms with Crippen LogP contribution in [0, 0.1) is 5.92 Å². The molecule has 5 rings (SSSR count). The maximum atomic E-state index is 14.5. The zero-order valence-corrected chi connectivity index (χ0v) is 48.2. The molecule has 0 spiro atoms. The van der Waals surface area contributed by atoms with E-state index in [1.807, 2.05) is 0 Å². The van der Waals surface area contributed by atoms with Gasteiger partial charge in [-0.15, -0.1) is 0 Å². The number of hydrogen-bond donors (Lipinski definition) is 17. The van der Waals surface area contributed by atoms with E-state index in [0.717, 1.165) is 0 Å². The van der Waals surface area contributed by atoms with Crippen LogP contribution in [0.25, 0.3) is 0 Å². The van der Waals surface area contributed by atoms with Crippen LogP contribution in [0.15, 0.2) is 121 Å². The fourth-order valence-electron chi connectivity index (χ4n) is 8.84. The van der Waals surface area contributed by atoms with Gasteiger partial charge in [0.2, 0.25) is 47.3 Å². The van der Waals surface area contributed by atoms with Crippen LogP contribution < -0.4 is 59.7 Å². The van der Waals surface area contributed by atoms with E-state index in [2.05, 4.69) is 57.5 Å². The predicted molar refractivity (Wildman–Crippen MR) is 317 cm³/mol. The third-order valence-corrected chi connectivity index (χ3v) is 13.5. The Balaban J connectivity index is 1.37. The van der Waals surface area contributed by atoms with Crippen molar-refractivity contribution in [2.24, 2.45) is 28.1 Å². The number of carbonyl (C=O) groups is 10. The van der Waals surface area contributed by atoms with Gasteiger partial charge in [-0.2, -0.15) is 0 Å². The van der Waals surface area contributed by atoms with E-state index in [-0.39, 0.29) is 74.7 Å². The SMILES string of the molecule is CC(C)[C@H](NC(=O)[C@H](CC(=O)O)NC(=O)[C@H](Cc1ccccc1)NC(=O)[C@H](Cc1cnc[nH]1)NC(=O)[C@H](CCCN=C(N)N)NC(=O)CNC(=O)[C@H](Cc1ccc(O)cc1)NC(=O)[C@H](Cc1ccc(O)cc1)NC(=O)[C@@H](N)Cc1ccc(O)cc1)C(=O)O. The molecule has 29 nitrogen and oxygen atoms in total. The van der Waals surface area contributed by atoms with Crippen molar-refractivity contribution >= 4 is 65.2 Å². The van der Waals surface area contributed by atoms with Gasteiger partial charge in [0, 0.05) is 44.1 Å². The number of rotatable bonds is 34. The molecule has 20 N–H and O–H groups in total. The number of carbonyl (C=O) groups excluding carboxylic acids is 8. The van der Waals surface area contributed by atoms with Gasteiger partial charge in [-0.1, -0.05) is 80.6 Å². The van der Waals surface area contributed by atoms with Gasteiger partial charge in [-0.05, 0) is 83.8 Å². The smallest absolute Gasteiger partial charge is 0.326 e. The number of phenolic OH excluding ortho intramolecular Hbond substituents is 3. The number of nitrogens with zero attached hydrogens (tertiary/aromatic N) is 2. The van der Waals surface area contributed by atoms with Crippen molar-refractivity contribution in [1.82, 2.24) is 52.5 Å². The molecular weight excluding hydrogens is 1140 g/mol. The highest BCUT2D eigenvalue weighted by molar-refractivity contribution is 5.98. The van der Waals surface area contributed by atoms with Gasteiger partial charge in [0.15, 0.2) is 5.96 Å². The number of carboxylic acid groups (broad SMARTS) is 2. The molecule has 29 heteroatoms. The molecule has 470 valence electrons. The zero-order valence-electron chi connectivity index (χ0n) is 48.2. The fraction of sp³-hybridized carbons (Fsp3) is 0.356. The fourth-order valence-corrected chi connectivity index (χ4v) is 8.84. The molecule has 0 radical (unpaired) electrons. The lowest BCUT2D eigenvalue weighted by atomic mass is 10.0. The van der Waals surface area contributed by atoms with E-state index >= 15 is 0 Å². The molecule has 0 fully saturated rings. The number of nitrogens with two attached hydrogens (primary N) is 3. The minimum Gasteiger partial charge on any atom is -0.508 e. The van der Waals surface area contributed by atoms with Crippen LogP contribution in [0.4, 0.5) is 0 Å². The highest BCUT2D eigenvalue weighted by Crippen LogP contribution is 2.16. The van der Waals surface area contributed by atoms with E-state index in [9.17, 15) is 73.5 Å². The Hall–Kier alpha value is -10.6. The van der Waals surface area contributed by atoms with Crippen LogP contribution in [-0.2, 0) is 80.0 Å². The van der Waals surface area contributed by atoms with E-state index in [1.54, 1.807) is 42.5 Å². The Morgan fingerprint density at radius 3 is 1.41 bits per heavy atom. The number of amides is 8. The molecule has 0 bridgehead atoms. The first-order valence-corrected chi connectivity index (χ1v) is 27.8. The Morgan fingerprint density at radius 2 is 0.955 bits per heavy atom. The molecule has 0 saturated carbocycles. The van der Waals surface area contributed by atoms with Crippen molar-refractivity contribution in [2.45, 2.75) is 114 Å². The van der Waals surface area contributed by atoms with E-state index in [4.69, 9.17) is 17.2 Å². The van der Waals surface area contributed by atoms with Gasteiger partial charge in [0.05, 0.1) is 25.3 Å². The number of aromatic amines is 1. The number of H-pyrrole nitrogens is 1. The number of imidazole rings is 1. The van der Waals surface area contributed by atoms with Crippen LogP contribution in [0.3, 0.4) is 0 Å². The normalized spacial score (nSPS) is 13.7. The Kier molecular flexibility index (Phi) is 26.2. The number of nitrogens with one attached hydrogen (secondary N) is 9. The average Bonchev–Trinajstić information content (AvgIpc) is 4.20. The summed E-state index contributed by atoms with van der Waals surface area (Å²) in [5, 5.41) is 69.2. The molecule has 0 aliphatic carbocycles. The van der Waals surface area contributed by atoms with Gasteiger partial charge >= 0.3 is 11.9 Å². The molecule has 8 amide bonds. The number of phenols is 3. The Labute approximate surface area is 505 Å². The molecule has 8 atom stereocenters. The van der Waals surface area contributed by atoms with Crippen molar-refractivity contribution in [2.75, 3.05) is 13.1 Å². The van der Waals surface area contributed by atoms with Crippen LogP contribution in [0.1, 0.15) is 61.1 Å². The number of aliphatic carboxylic acids is 2. The lowest BCUT2D eigenvalue weighted by Crippen LogP contribution is -2.60. The third kappa shape index (κ3) is 23.1. The summed E-state index contributed by atoms with van der Waals surface area (Å²) in [5.74, 6) is -11.6. The van der Waals surface area contributed by atoms with Gasteiger partial charge < -0.3 is 90.3 Å². The topological polar surface area (TPSA) is 487 Å². The number of hydrogen-bond acceptors (Lipinski definition) is 16. The maximum Gasteiger partial charge on any atom is 0.326 e. The highest BCUT2D eigenvalue weighted by atomic mass is 16.4. The number of guanidine groups is 1. The first-order chi connectivity index (χ1) is 41.8. The number of carboxylic acids is 2. The molecule has 0 aliphatic heterocycles. The Morgan fingerprint density at radius 1 is 0.523 bits per heavy atom. The summed E-state index contributed by atoms with van der Waals surface area (Å²) in [5.41, 5.74) is 19.7. The van der Waals surface area contributed by atoms with Crippen LogP contribution in [0.5, 0.6) is 17.2 Å². The summed E-state index contributed by atoms with van der Waals surface area (Å²) in [4.78, 5) is 147. The molecule has 88 heavy (non-hydrogen) atoms. The Bertz CT molecular complexity index is 3200. The second-order valence-corrected chi connectivity index (χ2v) is 20.9. The van der Waals surface area contributed by atoms with Crippen LogP contribution in [-0.4, -0.2) is 162 Å². The molecular formula is C59H74N14O15. The molecule has 5 aromatic rings. The van der Waals surface area contributed by atoms with Crippen molar-refractivity contribution in [3.05, 3.63) is 144 Å². The molecule has 4 aromatic carbocycles. The molecule has 1 heterocycles. The highest BCUT2D eigenvalue weighted by Gasteiger charge is 2.35.